The number of nitrogens with zero attached hydrogens (tertiary/aromatic N) is 4. The summed E-state index contributed by atoms with van der Waals surface area (Å²) in [5.74, 6) is 0.822. The van der Waals surface area contributed by atoms with Crippen molar-refractivity contribution in [3.05, 3.63) is 63.9 Å². The minimum absolute atomic E-state index is 0.00517. The van der Waals surface area contributed by atoms with E-state index in [1.807, 2.05) is 44.2 Å². The Hall–Kier alpha value is -3.14. The van der Waals surface area contributed by atoms with E-state index in [9.17, 15) is 9.59 Å². The number of piperazine rings is 1. The van der Waals surface area contributed by atoms with Gasteiger partial charge in [-0.15, -0.1) is 0 Å². The van der Waals surface area contributed by atoms with E-state index in [1.54, 1.807) is 17.0 Å². The molecule has 1 aromatic heterocycles. The Bertz CT molecular complexity index is 1280. The number of amides is 3. The Labute approximate surface area is 226 Å². The van der Waals surface area contributed by atoms with Gasteiger partial charge in [0.15, 0.2) is 0 Å². The fourth-order valence-corrected chi connectivity index (χ4v) is 4.59. The molecular weight excluding hydrogens is 513 g/mol. The monoisotopic (exact) mass is 543 g/mol. The van der Waals surface area contributed by atoms with Crippen LogP contribution in [0.2, 0.25) is 10.0 Å². The van der Waals surface area contributed by atoms with E-state index >= 15 is 0 Å². The van der Waals surface area contributed by atoms with Gasteiger partial charge in [-0.3, -0.25) is 9.69 Å². The third-order valence-electron chi connectivity index (χ3n) is 6.37. The molecule has 0 unspecified atom stereocenters. The Morgan fingerprint density at radius 2 is 1.76 bits per heavy atom. The molecule has 0 aliphatic carbocycles. The normalized spacial score (nSPS) is 15.1. The predicted molar refractivity (Wildman–Crippen MR) is 147 cm³/mol. The van der Waals surface area contributed by atoms with Crippen molar-refractivity contribution < 1.29 is 9.59 Å². The smallest absolute Gasteiger partial charge is 0.317 e. The predicted octanol–water partition coefficient (Wildman–Crippen LogP) is 3.89. The molecule has 3 aromatic rings. The molecule has 0 spiro atoms. The number of fused-ring (bicyclic) bond motifs is 1. The second-order valence-corrected chi connectivity index (χ2v) is 10.3. The maximum atomic E-state index is 12.7. The first-order valence-corrected chi connectivity index (χ1v) is 13.0. The highest BCUT2D eigenvalue weighted by atomic mass is 35.5. The maximum Gasteiger partial charge on any atom is 0.317 e. The lowest BCUT2D eigenvalue weighted by molar-refractivity contribution is -0.119. The minimum Gasteiger partial charge on any atom is -0.368 e. The molecule has 4 N–H and O–H groups in total. The number of nitrogens with two attached hydrogens (primary N) is 1. The zero-order valence-corrected chi connectivity index (χ0v) is 22.4. The van der Waals surface area contributed by atoms with E-state index in [0.717, 1.165) is 16.5 Å². The largest absolute Gasteiger partial charge is 0.368 e. The molecule has 1 atom stereocenters. The topological polar surface area (TPSA) is 116 Å². The number of para-hydroxylation sites is 1. The number of halogens is 2. The first kappa shape index (κ1) is 26.9. The lowest BCUT2D eigenvalue weighted by Crippen LogP contribution is -2.51. The van der Waals surface area contributed by atoms with Crippen LogP contribution in [0, 0.1) is 5.92 Å². The molecule has 9 nitrogen and oxygen atoms in total. The molecule has 0 radical (unpaired) electrons. The Balaban J connectivity index is 1.37. The van der Waals surface area contributed by atoms with Crippen molar-refractivity contribution in [2.75, 3.05) is 31.5 Å². The summed E-state index contributed by atoms with van der Waals surface area (Å²) in [7, 11) is 0. The van der Waals surface area contributed by atoms with Crippen LogP contribution in [-0.4, -0.2) is 63.9 Å². The van der Waals surface area contributed by atoms with Crippen molar-refractivity contribution in [2.45, 2.75) is 33.0 Å². The number of carbonyl (C=O) groups is 2. The summed E-state index contributed by atoms with van der Waals surface area (Å²) in [5, 5.41) is 7.96. The van der Waals surface area contributed by atoms with Gasteiger partial charge in [-0.2, -0.15) is 0 Å². The van der Waals surface area contributed by atoms with Gasteiger partial charge in [0.25, 0.3) is 0 Å². The Morgan fingerprint density at radius 1 is 1.03 bits per heavy atom. The van der Waals surface area contributed by atoms with E-state index < -0.39 is 11.9 Å². The van der Waals surface area contributed by atoms with Crippen LogP contribution in [0.1, 0.15) is 25.2 Å². The number of urea groups is 1. The molecule has 1 saturated heterocycles. The Morgan fingerprint density at radius 3 is 2.43 bits per heavy atom. The summed E-state index contributed by atoms with van der Waals surface area (Å²) in [4.78, 5) is 38.1. The van der Waals surface area contributed by atoms with E-state index in [2.05, 4.69) is 15.5 Å². The van der Waals surface area contributed by atoms with Crippen LogP contribution < -0.4 is 16.4 Å². The zero-order chi connectivity index (χ0) is 26.5. The van der Waals surface area contributed by atoms with Crippen molar-refractivity contribution >= 4 is 51.9 Å². The van der Waals surface area contributed by atoms with Crippen molar-refractivity contribution in [1.29, 1.82) is 0 Å². The van der Waals surface area contributed by atoms with Crippen LogP contribution in [0.3, 0.4) is 0 Å². The highest BCUT2D eigenvalue weighted by Crippen LogP contribution is 2.24. The summed E-state index contributed by atoms with van der Waals surface area (Å²) < 4.78 is 0. The number of anilines is 1. The van der Waals surface area contributed by atoms with Gasteiger partial charge in [0, 0.05) is 38.1 Å². The molecule has 1 aliphatic heterocycles. The lowest BCUT2D eigenvalue weighted by atomic mass is 10.0. The summed E-state index contributed by atoms with van der Waals surface area (Å²) in [5.41, 5.74) is 7.30. The van der Waals surface area contributed by atoms with Gasteiger partial charge in [0.1, 0.15) is 17.7 Å². The third-order valence-corrected chi connectivity index (χ3v) is 7.11. The van der Waals surface area contributed by atoms with Crippen molar-refractivity contribution in [3.8, 4) is 0 Å². The van der Waals surface area contributed by atoms with Crippen LogP contribution >= 0.6 is 23.2 Å². The van der Waals surface area contributed by atoms with E-state index in [0.29, 0.717) is 61.0 Å². The third kappa shape index (κ3) is 6.80. The van der Waals surface area contributed by atoms with E-state index in [-0.39, 0.29) is 11.9 Å². The van der Waals surface area contributed by atoms with E-state index in [4.69, 9.17) is 38.9 Å². The first-order valence-electron chi connectivity index (χ1n) is 12.2. The average molecular weight is 544 g/mol. The van der Waals surface area contributed by atoms with Crippen LogP contribution in [0.5, 0.6) is 0 Å². The summed E-state index contributed by atoms with van der Waals surface area (Å²) in [6.45, 7) is 7.33. The summed E-state index contributed by atoms with van der Waals surface area (Å²) in [6, 6.07) is 12.3. The minimum atomic E-state index is -0.544. The maximum absolute atomic E-state index is 12.7. The number of nitrogens with one attached hydrogen (secondary N) is 2. The van der Waals surface area contributed by atoms with Gasteiger partial charge in [-0.1, -0.05) is 55.2 Å². The van der Waals surface area contributed by atoms with Crippen LogP contribution in [0.4, 0.5) is 10.6 Å². The standard InChI is InChI=1S/C26H31Cl2N7O2/c1-16(2)23(24(29)36)33-25-18-5-3-4-6-21(18)31-22(32-25)15-34-9-11-35(12-10-34)26(37)30-14-17-7-8-19(27)20(28)13-17/h3-8,13,16,23H,9-12,14-15H2,1-2H3,(H2,29,36)(H,30,37)(H,31,32,33)/t23-/m0/s1. The number of rotatable bonds is 8. The number of benzene rings is 2. The number of primary amides is 1. The van der Waals surface area contributed by atoms with Crippen LogP contribution in [-0.2, 0) is 17.9 Å². The molecule has 1 aliphatic rings. The fourth-order valence-electron chi connectivity index (χ4n) is 4.27. The Kier molecular flexibility index (Phi) is 8.68. The molecule has 4 rings (SSSR count). The summed E-state index contributed by atoms with van der Waals surface area (Å²) in [6.07, 6.45) is 0. The van der Waals surface area contributed by atoms with Crippen molar-refractivity contribution in [2.24, 2.45) is 11.7 Å². The van der Waals surface area contributed by atoms with Crippen LogP contribution in [0.25, 0.3) is 10.9 Å². The number of carbonyl (C=O) groups excluding carboxylic acids is 2. The summed E-state index contributed by atoms with van der Waals surface area (Å²) >= 11 is 12.0. The van der Waals surface area contributed by atoms with Gasteiger partial charge >= 0.3 is 6.03 Å². The molecule has 11 heteroatoms. The average Bonchev–Trinajstić information content (AvgIpc) is 2.87. The van der Waals surface area contributed by atoms with Gasteiger partial charge in [0.2, 0.25) is 5.91 Å². The van der Waals surface area contributed by atoms with Crippen molar-refractivity contribution in [1.82, 2.24) is 25.1 Å². The molecule has 2 aromatic carbocycles. The molecule has 1 fully saturated rings. The number of hydrogen-bond acceptors (Lipinski definition) is 6. The SMILES string of the molecule is CC(C)[C@H](Nc1nc(CN2CCN(C(=O)NCc3ccc(Cl)c(Cl)c3)CC2)nc2ccccc12)C(N)=O. The van der Waals surface area contributed by atoms with Crippen molar-refractivity contribution in [3.63, 3.8) is 0 Å². The molecular formula is C26H31Cl2N7O2. The molecule has 37 heavy (non-hydrogen) atoms. The van der Waals surface area contributed by atoms with Gasteiger partial charge in [0.05, 0.1) is 22.1 Å². The van der Waals surface area contributed by atoms with Crippen LogP contribution in [0.15, 0.2) is 42.5 Å². The van der Waals surface area contributed by atoms with Gasteiger partial charge in [-0.25, -0.2) is 14.8 Å². The first-order chi connectivity index (χ1) is 17.7. The number of aromatic nitrogens is 2. The highest BCUT2D eigenvalue weighted by Gasteiger charge is 2.24. The van der Waals surface area contributed by atoms with Gasteiger partial charge < -0.3 is 21.3 Å². The quantitative estimate of drug-likeness (QED) is 0.396. The van der Waals surface area contributed by atoms with Gasteiger partial charge in [-0.05, 0) is 35.7 Å². The van der Waals surface area contributed by atoms with E-state index in [1.165, 1.54) is 0 Å². The fraction of sp³-hybridized carbons (Fsp3) is 0.385. The second kappa shape index (κ2) is 11.9. The molecule has 0 bridgehead atoms. The zero-order valence-electron chi connectivity index (χ0n) is 20.9. The highest BCUT2D eigenvalue weighted by molar-refractivity contribution is 6.42. The molecule has 0 saturated carbocycles. The second-order valence-electron chi connectivity index (χ2n) is 9.44. The molecule has 196 valence electrons. The molecule has 3 amide bonds. The number of hydrogen-bond donors (Lipinski definition) is 3. The lowest BCUT2D eigenvalue weighted by Gasteiger charge is -2.34. The molecule has 2 heterocycles.